The number of imidazole rings is 1. The van der Waals surface area contributed by atoms with Crippen LogP contribution in [-0.2, 0) is 6.42 Å². The normalized spacial score (nSPS) is 15.8. The van der Waals surface area contributed by atoms with Crippen LogP contribution in [0.25, 0.3) is 23.0 Å². The maximum Gasteiger partial charge on any atom is 0.165 e. The van der Waals surface area contributed by atoms with E-state index in [0.29, 0.717) is 23.3 Å². The Bertz CT molecular complexity index is 1290. The molecule has 3 aromatic rings. The molecular formula is C20H14FN5O. The summed E-state index contributed by atoms with van der Waals surface area (Å²) in [5.74, 6) is -0.974. The SMILES string of the molecule is CCc1cc(O)c(F)cc1-c1ccc2c(c1)N=N/C2=c1/nc2c([nH]1)=CN=C2. The van der Waals surface area contributed by atoms with Gasteiger partial charge in [0.05, 0.1) is 23.5 Å². The van der Waals surface area contributed by atoms with Crippen molar-refractivity contribution in [2.45, 2.75) is 13.3 Å². The van der Waals surface area contributed by atoms with Crippen molar-refractivity contribution in [1.82, 2.24) is 9.97 Å². The number of azo groups is 1. The fourth-order valence-electron chi connectivity index (χ4n) is 3.37. The first-order valence-electron chi connectivity index (χ1n) is 8.55. The number of aliphatic imine (C=N–C) groups is 1. The number of hydrogen-bond donors (Lipinski definition) is 2. The Morgan fingerprint density at radius 1 is 1.11 bits per heavy atom. The summed E-state index contributed by atoms with van der Waals surface area (Å²) in [6, 6.07) is 8.53. The summed E-state index contributed by atoms with van der Waals surface area (Å²) in [6.45, 7) is 1.96. The lowest BCUT2D eigenvalue weighted by Crippen LogP contribution is -2.13. The number of nitrogens with one attached hydrogen (secondary N) is 1. The zero-order valence-corrected chi connectivity index (χ0v) is 14.4. The average Bonchev–Trinajstić information content (AvgIpc) is 3.36. The van der Waals surface area contributed by atoms with Gasteiger partial charge in [0, 0.05) is 5.56 Å². The molecule has 1 aromatic heterocycles. The molecule has 2 aromatic carbocycles. The highest BCUT2D eigenvalue weighted by molar-refractivity contribution is 5.84. The number of halogens is 1. The lowest BCUT2D eigenvalue weighted by molar-refractivity contribution is 0.432. The minimum absolute atomic E-state index is 0.335. The number of phenols is 1. The first kappa shape index (κ1) is 15.6. The standard InChI is InChI=1S/C20H14FN5O/c1-2-10-6-18(27)14(21)7-13(10)11-3-4-12-15(5-11)25-26-19(12)20-23-16-8-22-9-17(16)24-20/h3-9,23,27H,2H2,1H3/b20-19+. The van der Waals surface area contributed by atoms with E-state index in [0.717, 1.165) is 33.3 Å². The van der Waals surface area contributed by atoms with E-state index >= 15 is 0 Å². The van der Waals surface area contributed by atoms with Gasteiger partial charge in [-0.25, -0.2) is 9.37 Å². The molecule has 7 heteroatoms. The van der Waals surface area contributed by atoms with E-state index in [-0.39, 0.29) is 5.75 Å². The van der Waals surface area contributed by atoms with Crippen LogP contribution in [0.1, 0.15) is 23.7 Å². The number of aromatic hydroxyl groups is 1. The van der Waals surface area contributed by atoms with Crippen molar-refractivity contribution >= 4 is 23.8 Å². The molecule has 0 atom stereocenters. The van der Waals surface area contributed by atoms with Gasteiger partial charge >= 0.3 is 0 Å². The molecule has 0 aliphatic carbocycles. The van der Waals surface area contributed by atoms with E-state index in [1.54, 1.807) is 12.4 Å². The lowest BCUT2D eigenvalue weighted by atomic mass is 9.95. The number of aryl methyl sites for hydroxylation is 1. The molecule has 0 unspecified atom stereocenters. The third kappa shape index (κ3) is 2.39. The maximum atomic E-state index is 13.9. The van der Waals surface area contributed by atoms with Crippen LogP contribution in [0.2, 0.25) is 0 Å². The molecule has 2 aliphatic heterocycles. The van der Waals surface area contributed by atoms with E-state index in [1.165, 1.54) is 12.1 Å². The highest BCUT2D eigenvalue weighted by Gasteiger charge is 2.19. The summed E-state index contributed by atoms with van der Waals surface area (Å²) < 4.78 is 13.9. The monoisotopic (exact) mass is 359 g/mol. The average molecular weight is 359 g/mol. The number of nitrogens with zero attached hydrogens (tertiary/aromatic N) is 4. The number of rotatable bonds is 2. The molecule has 0 amide bonds. The van der Waals surface area contributed by atoms with Crippen LogP contribution in [0, 0.1) is 5.82 Å². The Morgan fingerprint density at radius 3 is 2.81 bits per heavy atom. The summed E-state index contributed by atoms with van der Waals surface area (Å²) in [5, 5.41) is 19.0. The van der Waals surface area contributed by atoms with Gasteiger partial charge in [-0.15, -0.1) is 10.2 Å². The van der Waals surface area contributed by atoms with Gasteiger partial charge in [-0.2, -0.15) is 0 Å². The zero-order chi connectivity index (χ0) is 18.5. The van der Waals surface area contributed by atoms with Crippen molar-refractivity contribution in [2.75, 3.05) is 0 Å². The molecule has 27 heavy (non-hydrogen) atoms. The summed E-state index contributed by atoms with van der Waals surface area (Å²) in [6.07, 6.45) is 4.08. The number of benzene rings is 2. The Kier molecular flexibility index (Phi) is 3.30. The van der Waals surface area contributed by atoms with Gasteiger partial charge < -0.3 is 10.1 Å². The number of aromatic nitrogens is 2. The number of fused-ring (bicyclic) bond motifs is 2. The topological polar surface area (TPSA) is 86.0 Å². The highest BCUT2D eigenvalue weighted by Crippen LogP contribution is 2.38. The minimum atomic E-state index is -0.639. The molecular weight excluding hydrogens is 345 g/mol. The molecule has 0 saturated heterocycles. The van der Waals surface area contributed by atoms with Crippen LogP contribution < -0.4 is 10.8 Å². The van der Waals surface area contributed by atoms with Crippen molar-refractivity contribution < 1.29 is 9.50 Å². The molecule has 0 radical (unpaired) electrons. The van der Waals surface area contributed by atoms with E-state index in [1.807, 2.05) is 25.1 Å². The minimum Gasteiger partial charge on any atom is -0.505 e. The third-order valence-corrected chi connectivity index (χ3v) is 4.76. The van der Waals surface area contributed by atoms with Crippen LogP contribution in [-0.4, -0.2) is 21.3 Å². The Labute approximate surface area is 153 Å². The molecule has 2 N–H and O–H groups in total. The summed E-state index contributed by atoms with van der Waals surface area (Å²) in [7, 11) is 0. The Morgan fingerprint density at radius 2 is 2.00 bits per heavy atom. The van der Waals surface area contributed by atoms with Gasteiger partial charge in [-0.05, 0) is 47.4 Å². The van der Waals surface area contributed by atoms with E-state index in [9.17, 15) is 9.50 Å². The second-order valence-corrected chi connectivity index (χ2v) is 6.39. The molecule has 0 spiro atoms. The molecule has 132 valence electrons. The number of phenolic OH excluding ortho intramolecular Hbond substituents is 1. The lowest BCUT2D eigenvalue weighted by Gasteiger charge is -2.10. The largest absolute Gasteiger partial charge is 0.505 e. The van der Waals surface area contributed by atoms with Crippen LogP contribution in [0.3, 0.4) is 0 Å². The predicted octanol–water partition coefficient (Wildman–Crippen LogP) is 2.91. The molecule has 0 bridgehead atoms. The Balaban J connectivity index is 1.64. The van der Waals surface area contributed by atoms with Crippen molar-refractivity contribution in [3.63, 3.8) is 0 Å². The van der Waals surface area contributed by atoms with Gasteiger partial charge in [0.1, 0.15) is 11.4 Å². The molecule has 0 saturated carbocycles. The van der Waals surface area contributed by atoms with E-state index in [4.69, 9.17) is 0 Å². The van der Waals surface area contributed by atoms with Crippen LogP contribution >= 0.6 is 0 Å². The summed E-state index contributed by atoms with van der Waals surface area (Å²) in [4.78, 5) is 11.7. The number of H-pyrrole nitrogens is 1. The molecule has 0 fully saturated rings. The van der Waals surface area contributed by atoms with E-state index < -0.39 is 5.82 Å². The predicted molar refractivity (Wildman–Crippen MR) is 99.8 cm³/mol. The van der Waals surface area contributed by atoms with Crippen molar-refractivity contribution in [3.8, 4) is 16.9 Å². The van der Waals surface area contributed by atoms with Crippen LogP contribution in [0.5, 0.6) is 5.75 Å². The fourth-order valence-corrected chi connectivity index (χ4v) is 3.37. The molecule has 6 nitrogen and oxygen atoms in total. The summed E-state index contributed by atoms with van der Waals surface area (Å²) >= 11 is 0. The van der Waals surface area contributed by atoms with Gasteiger partial charge in [0.15, 0.2) is 17.0 Å². The van der Waals surface area contributed by atoms with Gasteiger partial charge in [-0.3, -0.25) is 4.99 Å². The van der Waals surface area contributed by atoms with Gasteiger partial charge in [-0.1, -0.05) is 13.0 Å². The zero-order valence-electron chi connectivity index (χ0n) is 14.4. The second kappa shape index (κ2) is 5.70. The Hall–Kier alpha value is -3.61. The smallest absolute Gasteiger partial charge is 0.165 e. The molecule has 2 aliphatic rings. The molecule has 3 heterocycles. The van der Waals surface area contributed by atoms with Gasteiger partial charge in [0.25, 0.3) is 0 Å². The van der Waals surface area contributed by atoms with Crippen LogP contribution in [0.4, 0.5) is 10.1 Å². The van der Waals surface area contributed by atoms with Crippen LogP contribution in [0.15, 0.2) is 45.6 Å². The fraction of sp³-hybridized carbons (Fsp3) is 0.100. The number of aromatic amines is 1. The van der Waals surface area contributed by atoms with E-state index in [2.05, 4.69) is 25.2 Å². The summed E-state index contributed by atoms with van der Waals surface area (Å²) in [5.41, 5.74) is 6.08. The second-order valence-electron chi connectivity index (χ2n) is 6.39. The highest BCUT2D eigenvalue weighted by atomic mass is 19.1. The maximum absolute atomic E-state index is 13.9. The quantitative estimate of drug-likeness (QED) is 0.737. The van der Waals surface area contributed by atoms with Crippen molar-refractivity contribution in [1.29, 1.82) is 0 Å². The third-order valence-electron chi connectivity index (χ3n) is 4.76. The van der Waals surface area contributed by atoms with Gasteiger partial charge in [0.2, 0.25) is 0 Å². The van der Waals surface area contributed by atoms with Crippen molar-refractivity contribution in [3.05, 3.63) is 63.8 Å². The first-order valence-corrected chi connectivity index (χ1v) is 8.55. The number of hydrogen-bond acceptors (Lipinski definition) is 5. The first-order chi connectivity index (χ1) is 13.1. The molecule has 5 rings (SSSR count). The van der Waals surface area contributed by atoms with Crippen molar-refractivity contribution in [2.24, 2.45) is 15.2 Å².